The Morgan fingerprint density at radius 1 is 1.30 bits per heavy atom. The number of carbonyl (C=O) groups excluding carboxylic acids is 1. The average Bonchev–Trinajstić information content (AvgIpc) is 2.24. The minimum atomic E-state index is -4.74. The third-order valence-electron chi connectivity index (χ3n) is 2.24. The lowest BCUT2D eigenvalue weighted by Crippen LogP contribution is -2.24. The molecule has 0 heterocycles. The Hall–Kier alpha value is -1.28. The molecule has 0 saturated carbocycles. The van der Waals surface area contributed by atoms with Crippen LogP contribution >= 0.6 is 11.6 Å². The fraction of sp³-hybridized carbons (Fsp3) is 0.364. The largest absolute Gasteiger partial charge is 0.390 e. The molecular formula is C11H10ClF3O4S. The van der Waals surface area contributed by atoms with Crippen molar-refractivity contribution in [3.63, 3.8) is 0 Å². The number of halogens is 4. The molecule has 0 aromatic heterocycles. The highest BCUT2D eigenvalue weighted by Gasteiger charge is 2.41. The molecule has 0 aliphatic heterocycles. The molecule has 0 aliphatic carbocycles. The van der Waals surface area contributed by atoms with Gasteiger partial charge >= 0.3 is 22.3 Å². The van der Waals surface area contributed by atoms with Crippen LogP contribution in [0.15, 0.2) is 24.3 Å². The second-order valence-electron chi connectivity index (χ2n) is 3.93. The van der Waals surface area contributed by atoms with Gasteiger partial charge in [-0.05, 0) is 17.7 Å². The predicted octanol–water partition coefficient (Wildman–Crippen LogP) is 3.23. The molecule has 0 amide bonds. The molecule has 1 aromatic rings. The number of benzene rings is 1. The molecule has 0 fully saturated rings. The summed E-state index contributed by atoms with van der Waals surface area (Å²) < 4.78 is 65.0. The minimum Gasteiger partial charge on any atom is -0.346 e. The summed E-state index contributed by atoms with van der Waals surface area (Å²) in [5.74, 6) is -1.20. The summed E-state index contributed by atoms with van der Waals surface area (Å²) in [6.07, 6.45) is -6.40. The van der Waals surface area contributed by atoms with Crippen molar-refractivity contribution in [1.29, 1.82) is 0 Å². The van der Waals surface area contributed by atoms with Crippen LogP contribution in [0.2, 0.25) is 5.02 Å². The summed E-state index contributed by atoms with van der Waals surface area (Å²) in [6.45, 7) is 0.796. The zero-order chi connectivity index (χ0) is 15.6. The van der Waals surface area contributed by atoms with Crippen molar-refractivity contribution in [1.82, 2.24) is 0 Å². The monoisotopic (exact) mass is 330 g/mol. The molecule has 9 heteroatoms. The van der Waals surface area contributed by atoms with Gasteiger partial charge in [0.05, 0.1) is 6.42 Å². The Labute approximate surface area is 118 Å². The van der Waals surface area contributed by atoms with E-state index < -0.39 is 33.9 Å². The molecule has 112 valence electrons. The molecular weight excluding hydrogens is 321 g/mol. The predicted molar refractivity (Wildman–Crippen MR) is 65.6 cm³/mol. The summed E-state index contributed by atoms with van der Waals surface area (Å²) in [7, 11) is -4.73. The molecule has 0 radical (unpaired) electrons. The van der Waals surface area contributed by atoms with E-state index in [0.717, 1.165) is 19.1 Å². The maximum absolute atomic E-state index is 12.5. The highest BCUT2D eigenvalue weighted by Crippen LogP contribution is 2.36. The highest BCUT2D eigenvalue weighted by molar-refractivity contribution is 7.87. The van der Waals surface area contributed by atoms with E-state index in [4.69, 9.17) is 11.6 Å². The van der Waals surface area contributed by atoms with Crippen LogP contribution in [0.25, 0.3) is 0 Å². The molecule has 0 aliphatic rings. The summed E-state index contributed by atoms with van der Waals surface area (Å²) in [6, 6.07) is 4.78. The lowest BCUT2D eigenvalue weighted by Gasteiger charge is -2.18. The Balaban J connectivity index is 3.21. The molecule has 0 bridgehead atoms. The maximum atomic E-state index is 12.5. The van der Waals surface area contributed by atoms with Crippen molar-refractivity contribution in [2.45, 2.75) is 24.8 Å². The quantitative estimate of drug-likeness (QED) is 0.795. The van der Waals surface area contributed by atoms with Gasteiger partial charge < -0.3 is 4.18 Å². The van der Waals surface area contributed by atoms with E-state index in [-0.39, 0.29) is 10.6 Å². The van der Waals surface area contributed by atoms with Crippen molar-refractivity contribution in [2.24, 2.45) is 0 Å². The van der Waals surface area contributed by atoms with Gasteiger partial charge in [-0.15, -0.1) is 0 Å². The summed E-state index contributed by atoms with van der Waals surface area (Å²) in [4.78, 5) is 10.7. The van der Waals surface area contributed by atoms with Gasteiger partial charge in [0.2, 0.25) is 0 Å². The standard InChI is InChI=1S/C11H10ClF3O4S/c1-7(16)19-20(17,18)10(6-11(13,14)15)8-2-4-9(12)5-3-8/h2-5,10H,6H2,1H3. The van der Waals surface area contributed by atoms with Crippen LogP contribution in [0.5, 0.6) is 0 Å². The maximum Gasteiger partial charge on any atom is 0.390 e. The lowest BCUT2D eigenvalue weighted by molar-refractivity contribution is -0.137. The van der Waals surface area contributed by atoms with Crippen LogP contribution in [-0.4, -0.2) is 20.6 Å². The van der Waals surface area contributed by atoms with Gasteiger partial charge in [-0.2, -0.15) is 21.6 Å². The van der Waals surface area contributed by atoms with Gasteiger partial charge in [0, 0.05) is 11.9 Å². The van der Waals surface area contributed by atoms with Crippen molar-refractivity contribution in [3.8, 4) is 0 Å². The molecule has 4 nitrogen and oxygen atoms in total. The molecule has 20 heavy (non-hydrogen) atoms. The van der Waals surface area contributed by atoms with Gasteiger partial charge in [-0.25, -0.2) is 0 Å². The van der Waals surface area contributed by atoms with E-state index in [0.29, 0.717) is 0 Å². The topological polar surface area (TPSA) is 60.4 Å². The van der Waals surface area contributed by atoms with E-state index in [1.807, 2.05) is 0 Å². The normalized spacial score (nSPS) is 13.8. The van der Waals surface area contributed by atoms with Gasteiger partial charge in [-0.3, -0.25) is 4.79 Å². The molecule has 0 N–H and O–H groups in total. The molecule has 1 atom stereocenters. The van der Waals surface area contributed by atoms with E-state index in [9.17, 15) is 26.4 Å². The van der Waals surface area contributed by atoms with Crippen LogP contribution in [0.1, 0.15) is 24.2 Å². The molecule has 1 unspecified atom stereocenters. The lowest BCUT2D eigenvalue weighted by atomic mass is 10.1. The Morgan fingerprint density at radius 2 is 1.80 bits per heavy atom. The van der Waals surface area contributed by atoms with E-state index in [1.54, 1.807) is 0 Å². The zero-order valence-electron chi connectivity index (χ0n) is 10.1. The average molecular weight is 331 g/mol. The zero-order valence-corrected chi connectivity index (χ0v) is 11.7. The van der Waals surface area contributed by atoms with Crippen LogP contribution < -0.4 is 0 Å². The van der Waals surface area contributed by atoms with Gasteiger partial charge in [-0.1, -0.05) is 23.7 Å². The Kier molecular flexibility index (Phi) is 5.04. The third-order valence-corrected chi connectivity index (χ3v) is 4.10. The minimum absolute atomic E-state index is 0.159. The van der Waals surface area contributed by atoms with Crippen molar-refractivity contribution in [3.05, 3.63) is 34.9 Å². The first-order valence-electron chi connectivity index (χ1n) is 5.27. The van der Waals surface area contributed by atoms with E-state index in [2.05, 4.69) is 4.18 Å². The number of hydrogen-bond donors (Lipinski definition) is 0. The first-order chi connectivity index (χ1) is 9.01. The number of hydrogen-bond acceptors (Lipinski definition) is 4. The van der Waals surface area contributed by atoms with Gasteiger partial charge in [0.25, 0.3) is 0 Å². The van der Waals surface area contributed by atoms with Crippen LogP contribution in [0, 0.1) is 0 Å². The molecule has 0 saturated heterocycles. The Bertz CT molecular complexity index is 581. The second-order valence-corrected chi connectivity index (χ2v) is 6.08. The van der Waals surface area contributed by atoms with Gasteiger partial charge in [0.15, 0.2) is 0 Å². The summed E-state index contributed by atoms with van der Waals surface area (Å²) in [5.41, 5.74) is -0.159. The van der Waals surface area contributed by atoms with Crippen LogP contribution in [0.3, 0.4) is 0 Å². The molecule has 1 aromatic carbocycles. The fourth-order valence-corrected chi connectivity index (χ4v) is 2.95. The van der Waals surface area contributed by atoms with Crippen LogP contribution in [0.4, 0.5) is 13.2 Å². The second kappa shape index (κ2) is 6.01. The van der Waals surface area contributed by atoms with Gasteiger partial charge in [0.1, 0.15) is 5.25 Å². The van der Waals surface area contributed by atoms with Crippen molar-refractivity contribution < 1.29 is 30.6 Å². The van der Waals surface area contributed by atoms with E-state index >= 15 is 0 Å². The number of rotatable bonds is 4. The van der Waals surface area contributed by atoms with Crippen molar-refractivity contribution >= 4 is 27.7 Å². The molecule has 0 spiro atoms. The fourth-order valence-electron chi connectivity index (χ4n) is 1.50. The van der Waals surface area contributed by atoms with E-state index in [1.165, 1.54) is 12.1 Å². The summed E-state index contributed by atoms with van der Waals surface area (Å²) in [5, 5.41) is -1.78. The number of alkyl halides is 3. The van der Waals surface area contributed by atoms with Crippen LogP contribution in [-0.2, 0) is 19.1 Å². The summed E-state index contributed by atoms with van der Waals surface area (Å²) >= 11 is 5.59. The third kappa shape index (κ3) is 5.01. The Morgan fingerprint density at radius 3 is 2.20 bits per heavy atom. The number of carbonyl (C=O) groups is 1. The first kappa shape index (κ1) is 16.8. The van der Waals surface area contributed by atoms with Crippen molar-refractivity contribution in [2.75, 3.05) is 0 Å². The first-order valence-corrected chi connectivity index (χ1v) is 7.12. The highest BCUT2D eigenvalue weighted by atomic mass is 35.5. The smallest absolute Gasteiger partial charge is 0.346 e. The SMILES string of the molecule is CC(=O)OS(=O)(=O)C(CC(F)(F)F)c1ccc(Cl)cc1. The molecule has 1 rings (SSSR count).